The standard InChI is InChI=1S/C18H19NO/c1-11-6-5-7-14(12(11)2)13-8-9-16-15(10-13)18(3,4)17(20)19-16/h5-10H,1-4H3,(H,19,20). The summed E-state index contributed by atoms with van der Waals surface area (Å²) < 4.78 is 0. The summed E-state index contributed by atoms with van der Waals surface area (Å²) in [6.07, 6.45) is 0. The summed E-state index contributed by atoms with van der Waals surface area (Å²) >= 11 is 0. The van der Waals surface area contributed by atoms with Crippen molar-refractivity contribution in [2.45, 2.75) is 33.1 Å². The molecule has 2 aromatic carbocycles. The van der Waals surface area contributed by atoms with Crippen LogP contribution in [-0.2, 0) is 10.2 Å². The van der Waals surface area contributed by atoms with Crippen molar-refractivity contribution in [1.82, 2.24) is 0 Å². The average Bonchev–Trinajstić information content (AvgIpc) is 2.64. The van der Waals surface area contributed by atoms with Crippen molar-refractivity contribution in [3.05, 3.63) is 53.1 Å². The molecule has 0 aromatic heterocycles. The topological polar surface area (TPSA) is 29.1 Å². The van der Waals surface area contributed by atoms with E-state index in [1.807, 2.05) is 19.9 Å². The first kappa shape index (κ1) is 12.9. The number of hydrogen-bond acceptors (Lipinski definition) is 1. The molecule has 0 unspecified atom stereocenters. The van der Waals surface area contributed by atoms with Gasteiger partial charge >= 0.3 is 0 Å². The second-order valence-electron chi connectivity index (χ2n) is 6.09. The minimum atomic E-state index is -0.455. The van der Waals surface area contributed by atoms with E-state index in [-0.39, 0.29) is 5.91 Å². The fourth-order valence-electron chi connectivity index (χ4n) is 2.80. The quantitative estimate of drug-likeness (QED) is 0.822. The second kappa shape index (κ2) is 4.20. The van der Waals surface area contributed by atoms with Crippen LogP contribution in [0.4, 0.5) is 5.69 Å². The van der Waals surface area contributed by atoms with Crippen molar-refractivity contribution in [2.75, 3.05) is 5.32 Å². The number of carbonyl (C=O) groups excluding carboxylic acids is 1. The Hall–Kier alpha value is -2.09. The van der Waals surface area contributed by atoms with Crippen LogP contribution in [0.15, 0.2) is 36.4 Å². The van der Waals surface area contributed by atoms with Crippen LogP contribution < -0.4 is 5.32 Å². The van der Waals surface area contributed by atoms with Crippen molar-refractivity contribution in [1.29, 1.82) is 0 Å². The highest BCUT2D eigenvalue weighted by atomic mass is 16.2. The van der Waals surface area contributed by atoms with Crippen molar-refractivity contribution in [3.63, 3.8) is 0 Å². The third-order valence-corrected chi connectivity index (χ3v) is 4.42. The highest BCUT2D eigenvalue weighted by Gasteiger charge is 2.38. The number of benzene rings is 2. The van der Waals surface area contributed by atoms with E-state index >= 15 is 0 Å². The first-order valence-electron chi connectivity index (χ1n) is 6.94. The lowest BCUT2D eigenvalue weighted by Gasteiger charge is -2.16. The Morgan fingerprint density at radius 3 is 2.55 bits per heavy atom. The Kier molecular flexibility index (Phi) is 2.72. The summed E-state index contributed by atoms with van der Waals surface area (Å²) in [6, 6.07) is 12.6. The van der Waals surface area contributed by atoms with Crippen molar-refractivity contribution in [3.8, 4) is 11.1 Å². The van der Waals surface area contributed by atoms with Gasteiger partial charge in [0.2, 0.25) is 5.91 Å². The van der Waals surface area contributed by atoms with Gasteiger partial charge < -0.3 is 5.32 Å². The molecule has 0 radical (unpaired) electrons. The number of anilines is 1. The number of amides is 1. The Bertz CT molecular complexity index is 713. The molecule has 1 aliphatic rings. The fourth-order valence-corrected chi connectivity index (χ4v) is 2.80. The number of hydrogen-bond donors (Lipinski definition) is 1. The lowest BCUT2D eigenvalue weighted by atomic mass is 9.84. The third-order valence-electron chi connectivity index (χ3n) is 4.42. The molecule has 0 aliphatic carbocycles. The zero-order valence-electron chi connectivity index (χ0n) is 12.4. The summed E-state index contributed by atoms with van der Waals surface area (Å²) in [4.78, 5) is 12.0. The van der Waals surface area contributed by atoms with E-state index in [4.69, 9.17) is 0 Å². The fraction of sp³-hybridized carbons (Fsp3) is 0.278. The zero-order chi connectivity index (χ0) is 14.5. The molecular formula is C18H19NO. The summed E-state index contributed by atoms with van der Waals surface area (Å²) in [5.74, 6) is 0.0746. The van der Waals surface area contributed by atoms with Gasteiger partial charge in [-0.05, 0) is 67.6 Å². The van der Waals surface area contributed by atoms with Crippen molar-refractivity contribution >= 4 is 11.6 Å². The first-order chi connectivity index (χ1) is 9.41. The van der Waals surface area contributed by atoms with Crippen LogP contribution in [0.5, 0.6) is 0 Å². The van der Waals surface area contributed by atoms with E-state index in [1.54, 1.807) is 0 Å². The maximum absolute atomic E-state index is 12.0. The largest absolute Gasteiger partial charge is 0.325 e. The minimum Gasteiger partial charge on any atom is -0.325 e. The third kappa shape index (κ3) is 1.75. The van der Waals surface area contributed by atoms with Crippen LogP contribution >= 0.6 is 0 Å². The van der Waals surface area contributed by atoms with Gasteiger partial charge in [-0.1, -0.05) is 24.3 Å². The summed E-state index contributed by atoms with van der Waals surface area (Å²) in [5.41, 5.74) is 6.56. The predicted octanol–water partition coefficient (Wildman–Crippen LogP) is 4.20. The molecule has 0 saturated carbocycles. The molecule has 2 heteroatoms. The van der Waals surface area contributed by atoms with Gasteiger partial charge in [0.25, 0.3) is 0 Å². The Labute approximate surface area is 119 Å². The normalized spacial score (nSPS) is 15.9. The summed E-state index contributed by atoms with van der Waals surface area (Å²) in [5, 5.41) is 2.95. The second-order valence-corrected chi connectivity index (χ2v) is 6.09. The summed E-state index contributed by atoms with van der Waals surface area (Å²) in [6.45, 7) is 8.22. The number of rotatable bonds is 1. The highest BCUT2D eigenvalue weighted by molar-refractivity contribution is 6.06. The maximum Gasteiger partial charge on any atom is 0.234 e. The van der Waals surface area contributed by atoms with Crippen LogP contribution in [0.2, 0.25) is 0 Å². The van der Waals surface area contributed by atoms with Crippen molar-refractivity contribution in [2.24, 2.45) is 0 Å². The average molecular weight is 265 g/mol. The van der Waals surface area contributed by atoms with E-state index in [9.17, 15) is 4.79 Å². The Morgan fingerprint density at radius 2 is 1.80 bits per heavy atom. The van der Waals surface area contributed by atoms with Gasteiger partial charge in [0, 0.05) is 5.69 Å². The van der Waals surface area contributed by atoms with Crippen molar-refractivity contribution < 1.29 is 4.79 Å². The van der Waals surface area contributed by atoms with Gasteiger partial charge in [0.1, 0.15) is 0 Å². The lowest BCUT2D eigenvalue weighted by Crippen LogP contribution is -2.26. The molecule has 0 spiro atoms. The van der Waals surface area contributed by atoms with Gasteiger partial charge in [-0.25, -0.2) is 0 Å². The molecule has 3 rings (SSSR count). The Morgan fingerprint density at radius 1 is 1.05 bits per heavy atom. The monoisotopic (exact) mass is 265 g/mol. The number of fused-ring (bicyclic) bond motifs is 1. The van der Waals surface area contributed by atoms with E-state index in [2.05, 4.69) is 49.5 Å². The number of nitrogens with one attached hydrogen (secondary N) is 1. The lowest BCUT2D eigenvalue weighted by molar-refractivity contribution is -0.119. The number of aryl methyl sites for hydroxylation is 1. The van der Waals surface area contributed by atoms with E-state index in [0.717, 1.165) is 11.3 Å². The van der Waals surface area contributed by atoms with Crippen LogP contribution in [0, 0.1) is 13.8 Å². The molecule has 1 N–H and O–H groups in total. The SMILES string of the molecule is Cc1cccc(-c2ccc3c(c2)C(C)(C)C(=O)N3)c1C. The maximum atomic E-state index is 12.0. The molecule has 2 nitrogen and oxygen atoms in total. The van der Waals surface area contributed by atoms with Crippen LogP contribution in [0.1, 0.15) is 30.5 Å². The molecule has 0 atom stereocenters. The molecule has 0 fully saturated rings. The molecule has 2 aromatic rings. The molecule has 102 valence electrons. The minimum absolute atomic E-state index is 0.0746. The van der Waals surface area contributed by atoms with Crippen LogP contribution in [-0.4, -0.2) is 5.91 Å². The van der Waals surface area contributed by atoms with Gasteiger partial charge in [0.05, 0.1) is 5.41 Å². The molecule has 1 amide bonds. The number of carbonyl (C=O) groups is 1. The van der Waals surface area contributed by atoms with Gasteiger partial charge in [-0.2, -0.15) is 0 Å². The molecule has 20 heavy (non-hydrogen) atoms. The van der Waals surface area contributed by atoms with E-state index in [0.29, 0.717) is 0 Å². The highest BCUT2D eigenvalue weighted by Crippen LogP contribution is 2.40. The van der Waals surface area contributed by atoms with E-state index < -0.39 is 5.41 Å². The molecule has 0 bridgehead atoms. The van der Waals surface area contributed by atoms with Gasteiger partial charge in [-0.15, -0.1) is 0 Å². The molecule has 0 saturated heterocycles. The zero-order valence-corrected chi connectivity index (χ0v) is 12.4. The van der Waals surface area contributed by atoms with Crippen LogP contribution in [0.3, 0.4) is 0 Å². The molecule has 1 aliphatic heterocycles. The van der Waals surface area contributed by atoms with E-state index in [1.165, 1.54) is 22.3 Å². The smallest absolute Gasteiger partial charge is 0.234 e. The predicted molar refractivity (Wildman–Crippen MR) is 83.0 cm³/mol. The molecule has 1 heterocycles. The van der Waals surface area contributed by atoms with Crippen LogP contribution in [0.25, 0.3) is 11.1 Å². The van der Waals surface area contributed by atoms with Gasteiger partial charge in [0.15, 0.2) is 0 Å². The van der Waals surface area contributed by atoms with Gasteiger partial charge in [-0.3, -0.25) is 4.79 Å². The Balaban J connectivity index is 2.18. The first-order valence-corrected chi connectivity index (χ1v) is 6.94. The molecular weight excluding hydrogens is 246 g/mol. The summed E-state index contributed by atoms with van der Waals surface area (Å²) in [7, 11) is 0.